The first kappa shape index (κ1) is 14.9. The third-order valence-corrected chi connectivity index (χ3v) is 6.38. The molecule has 0 spiro atoms. The van der Waals surface area contributed by atoms with Gasteiger partial charge in [-0.1, -0.05) is 38.5 Å². The molecule has 1 aliphatic rings. The van der Waals surface area contributed by atoms with Gasteiger partial charge in [0.2, 0.25) is 0 Å². The zero-order chi connectivity index (χ0) is 15.0. The highest BCUT2D eigenvalue weighted by Gasteiger charge is 2.31. The summed E-state index contributed by atoms with van der Waals surface area (Å²) in [5.41, 5.74) is 1.86. The molecule has 2 nitrogen and oxygen atoms in total. The van der Waals surface area contributed by atoms with Gasteiger partial charge in [-0.05, 0) is 36.2 Å². The van der Waals surface area contributed by atoms with Crippen molar-refractivity contribution in [3.8, 4) is 12.3 Å². The van der Waals surface area contributed by atoms with Gasteiger partial charge in [0.15, 0.2) is 0 Å². The molecule has 0 aliphatic heterocycles. The Kier molecular flexibility index (Phi) is 3.98. The quantitative estimate of drug-likeness (QED) is 0.461. The second-order valence-electron chi connectivity index (χ2n) is 6.66. The second kappa shape index (κ2) is 5.62. The molecule has 110 valence electrons. The fraction of sp³-hybridized carbons (Fsp3) is 0.529. The average molecular weight is 316 g/mol. The summed E-state index contributed by atoms with van der Waals surface area (Å²) in [4.78, 5) is 11.6. The summed E-state index contributed by atoms with van der Waals surface area (Å²) in [6, 6.07) is 0. The molecule has 0 radical (unpaired) electrons. The number of thiophene rings is 1. The van der Waals surface area contributed by atoms with Crippen LogP contribution >= 0.6 is 23.1 Å². The molecule has 0 saturated carbocycles. The van der Waals surface area contributed by atoms with Crippen LogP contribution in [-0.2, 0) is 12.8 Å². The predicted octanol–water partition coefficient (Wildman–Crippen LogP) is 4.57. The van der Waals surface area contributed by atoms with Crippen molar-refractivity contribution >= 4 is 33.3 Å². The standard InChI is InChI=1S/C17H20N2S2/c1-5-8-20-15-14-12-7-6-11(17(2,3)4)9-13(12)21-16(14)19-10-18-15/h1,10-11H,6-9H2,2-4H3. The molecule has 0 N–H and O–H groups in total. The van der Waals surface area contributed by atoms with Gasteiger partial charge in [0.05, 0.1) is 5.75 Å². The van der Waals surface area contributed by atoms with Crippen LogP contribution in [0.15, 0.2) is 11.4 Å². The molecular weight excluding hydrogens is 296 g/mol. The van der Waals surface area contributed by atoms with Gasteiger partial charge >= 0.3 is 0 Å². The molecule has 3 rings (SSSR count). The molecule has 0 bridgehead atoms. The highest BCUT2D eigenvalue weighted by molar-refractivity contribution is 7.99. The van der Waals surface area contributed by atoms with E-state index in [9.17, 15) is 0 Å². The summed E-state index contributed by atoms with van der Waals surface area (Å²) >= 11 is 3.50. The third kappa shape index (κ3) is 2.82. The summed E-state index contributed by atoms with van der Waals surface area (Å²) in [5.74, 6) is 4.11. The maximum absolute atomic E-state index is 5.39. The first-order valence-corrected chi connectivity index (χ1v) is 9.12. The molecule has 2 aromatic heterocycles. The maximum atomic E-state index is 5.39. The van der Waals surface area contributed by atoms with E-state index in [0.717, 1.165) is 22.2 Å². The first-order chi connectivity index (χ1) is 10.0. The maximum Gasteiger partial charge on any atom is 0.128 e. The first-order valence-electron chi connectivity index (χ1n) is 7.32. The van der Waals surface area contributed by atoms with Gasteiger partial charge in [-0.25, -0.2) is 9.97 Å². The van der Waals surface area contributed by atoms with E-state index >= 15 is 0 Å². The zero-order valence-electron chi connectivity index (χ0n) is 12.8. The Labute approximate surface area is 134 Å². The minimum absolute atomic E-state index is 0.376. The van der Waals surface area contributed by atoms with Gasteiger partial charge in [-0.15, -0.1) is 17.8 Å². The number of hydrogen-bond acceptors (Lipinski definition) is 4. The molecule has 0 aromatic carbocycles. The topological polar surface area (TPSA) is 25.8 Å². The lowest BCUT2D eigenvalue weighted by Crippen LogP contribution is -2.26. The lowest BCUT2D eigenvalue weighted by atomic mass is 9.72. The van der Waals surface area contributed by atoms with Gasteiger partial charge < -0.3 is 0 Å². The van der Waals surface area contributed by atoms with E-state index in [1.807, 2.05) is 11.3 Å². The lowest BCUT2D eigenvalue weighted by Gasteiger charge is -2.33. The van der Waals surface area contributed by atoms with Crippen molar-refractivity contribution in [2.45, 2.75) is 45.1 Å². The lowest BCUT2D eigenvalue weighted by molar-refractivity contribution is 0.218. The number of terminal acetylenes is 1. The molecule has 0 fully saturated rings. The minimum atomic E-state index is 0.376. The molecule has 0 amide bonds. The monoisotopic (exact) mass is 316 g/mol. The average Bonchev–Trinajstić information content (AvgIpc) is 2.82. The van der Waals surface area contributed by atoms with Crippen molar-refractivity contribution in [3.63, 3.8) is 0 Å². The summed E-state index contributed by atoms with van der Waals surface area (Å²) in [7, 11) is 0. The molecule has 2 aromatic rings. The SMILES string of the molecule is C#CCSc1ncnc2sc3c(c12)CCC(C(C)(C)C)C3. The van der Waals surface area contributed by atoms with E-state index in [1.54, 1.807) is 18.1 Å². The van der Waals surface area contributed by atoms with Crippen molar-refractivity contribution in [1.29, 1.82) is 0 Å². The fourth-order valence-electron chi connectivity index (χ4n) is 3.04. The van der Waals surface area contributed by atoms with Crippen LogP contribution < -0.4 is 0 Å². The van der Waals surface area contributed by atoms with E-state index in [4.69, 9.17) is 6.42 Å². The molecule has 0 saturated heterocycles. The van der Waals surface area contributed by atoms with Gasteiger partial charge in [0.1, 0.15) is 16.2 Å². The fourth-order valence-corrected chi connectivity index (χ4v) is 5.08. The van der Waals surface area contributed by atoms with Crippen LogP contribution in [0.5, 0.6) is 0 Å². The highest BCUT2D eigenvalue weighted by atomic mass is 32.2. The highest BCUT2D eigenvalue weighted by Crippen LogP contribution is 2.44. The molecular formula is C17H20N2S2. The Morgan fingerprint density at radius 1 is 1.43 bits per heavy atom. The van der Waals surface area contributed by atoms with E-state index < -0.39 is 0 Å². The number of hydrogen-bond donors (Lipinski definition) is 0. The Balaban J connectivity index is 2.02. The van der Waals surface area contributed by atoms with Crippen LogP contribution in [0.3, 0.4) is 0 Å². The number of fused-ring (bicyclic) bond motifs is 3. The van der Waals surface area contributed by atoms with Crippen molar-refractivity contribution < 1.29 is 0 Å². The number of aryl methyl sites for hydroxylation is 1. The van der Waals surface area contributed by atoms with Crippen LogP contribution in [0, 0.1) is 23.7 Å². The number of thioether (sulfide) groups is 1. The minimum Gasteiger partial charge on any atom is -0.229 e. The van der Waals surface area contributed by atoms with Crippen molar-refractivity contribution in [3.05, 3.63) is 16.8 Å². The predicted molar refractivity (Wildman–Crippen MR) is 91.9 cm³/mol. The van der Waals surface area contributed by atoms with Gasteiger partial charge in [0, 0.05) is 10.3 Å². The largest absolute Gasteiger partial charge is 0.229 e. The smallest absolute Gasteiger partial charge is 0.128 e. The molecule has 1 atom stereocenters. The van der Waals surface area contributed by atoms with E-state index in [2.05, 4.69) is 36.7 Å². The van der Waals surface area contributed by atoms with Crippen molar-refractivity contribution in [2.24, 2.45) is 11.3 Å². The molecule has 2 heterocycles. The Morgan fingerprint density at radius 2 is 2.24 bits per heavy atom. The molecule has 1 unspecified atom stereocenters. The number of nitrogens with zero attached hydrogens (tertiary/aromatic N) is 2. The van der Waals surface area contributed by atoms with Crippen LogP contribution in [0.25, 0.3) is 10.2 Å². The molecule has 4 heteroatoms. The van der Waals surface area contributed by atoms with Crippen molar-refractivity contribution in [2.75, 3.05) is 5.75 Å². The van der Waals surface area contributed by atoms with E-state index in [-0.39, 0.29) is 0 Å². The Bertz CT molecular complexity index is 704. The Morgan fingerprint density at radius 3 is 2.95 bits per heavy atom. The normalized spacial score (nSPS) is 18.5. The van der Waals surface area contributed by atoms with Crippen molar-refractivity contribution in [1.82, 2.24) is 9.97 Å². The van der Waals surface area contributed by atoms with Crippen LogP contribution in [0.2, 0.25) is 0 Å². The van der Waals surface area contributed by atoms with Gasteiger partial charge in [0.25, 0.3) is 0 Å². The summed E-state index contributed by atoms with van der Waals surface area (Å²) in [6.07, 6.45) is 10.6. The van der Waals surface area contributed by atoms with Crippen LogP contribution in [-0.4, -0.2) is 15.7 Å². The number of aromatic nitrogens is 2. The van der Waals surface area contributed by atoms with E-state index in [1.165, 1.54) is 28.7 Å². The molecule has 21 heavy (non-hydrogen) atoms. The summed E-state index contributed by atoms with van der Waals surface area (Å²) in [5, 5.41) is 2.33. The number of rotatable bonds is 2. The van der Waals surface area contributed by atoms with Gasteiger partial charge in [-0.3, -0.25) is 0 Å². The zero-order valence-corrected chi connectivity index (χ0v) is 14.4. The molecule has 1 aliphatic carbocycles. The summed E-state index contributed by atoms with van der Waals surface area (Å²) < 4.78 is 0. The van der Waals surface area contributed by atoms with Gasteiger partial charge in [-0.2, -0.15) is 0 Å². The van der Waals surface area contributed by atoms with Crippen LogP contribution in [0.1, 0.15) is 37.6 Å². The van der Waals surface area contributed by atoms with Crippen LogP contribution in [0.4, 0.5) is 0 Å². The third-order valence-electron chi connectivity index (χ3n) is 4.33. The van der Waals surface area contributed by atoms with E-state index in [0.29, 0.717) is 11.2 Å². The second-order valence-corrected chi connectivity index (χ2v) is 8.71. The Hall–Kier alpha value is -1.05. The summed E-state index contributed by atoms with van der Waals surface area (Å²) in [6.45, 7) is 7.05.